The van der Waals surface area contributed by atoms with Crippen molar-refractivity contribution >= 4 is 22.6 Å². The molecule has 0 unspecified atom stereocenters. The molecule has 3 N–H and O–H groups in total. The van der Waals surface area contributed by atoms with Crippen LogP contribution in [0.3, 0.4) is 0 Å². The van der Waals surface area contributed by atoms with Gasteiger partial charge in [-0.15, -0.1) is 0 Å². The van der Waals surface area contributed by atoms with E-state index in [1.165, 1.54) is 7.11 Å². The number of ether oxygens (including phenoxy) is 1. The molecule has 0 spiro atoms. The minimum atomic E-state index is -0.272. The first-order valence-electron chi connectivity index (χ1n) is 10.5. The lowest BCUT2D eigenvalue weighted by atomic mass is 9.93. The molecule has 1 aliphatic rings. The van der Waals surface area contributed by atoms with Crippen molar-refractivity contribution < 1.29 is 14.6 Å². The van der Waals surface area contributed by atoms with E-state index in [1.54, 1.807) is 36.9 Å². The van der Waals surface area contributed by atoms with E-state index in [0.717, 1.165) is 42.3 Å². The molecule has 32 heavy (non-hydrogen) atoms. The number of pyridine rings is 1. The summed E-state index contributed by atoms with van der Waals surface area (Å²) in [7, 11) is 1.52. The third kappa shape index (κ3) is 4.04. The number of aromatic amines is 1. The van der Waals surface area contributed by atoms with Crippen LogP contribution < -0.4 is 10.1 Å². The van der Waals surface area contributed by atoms with E-state index in [0.29, 0.717) is 17.1 Å². The SMILES string of the molecule is COc1nccc(-c2cc3cnc(NC(=O)c4cnn(C5CCC(O)CC5)c4)cc3[nH]2)n1. The van der Waals surface area contributed by atoms with Crippen LogP contribution >= 0.6 is 0 Å². The van der Waals surface area contributed by atoms with E-state index < -0.39 is 0 Å². The molecule has 1 fully saturated rings. The highest BCUT2D eigenvalue weighted by Crippen LogP contribution is 2.28. The largest absolute Gasteiger partial charge is 0.467 e. The minimum absolute atomic E-state index is 0.215. The molecule has 1 aliphatic carbocycles. The fraction of sp³-hybridized carbons (Fsp3) is 0.318. The van der Waals surface area contributed by atoms with E-state index >= 15 is 0 Å². The summed E-state index contributed by atoms with van der Waals surface area (Å²) in [6, 6.07) is 6.00. The van der Waals surface area contributed by atoms with E-state index in [9.17, 15) is 9.90 Å². The van der Waals surface area contributed by atoms with Crippen molar-refractivity contribution in [2.24, 2.45) is 0 Å². The van der Waals surface area contributed by atoms with Gasteiger partial charge < -0.3 is 20.1 Å². The number of methoxy groups -OCH3 is 1. The molecule has 164 valence electrons. The molecule has 10 nitrogen and oxygen atoms in total. The van der Waals surface area contributed by atoms with Gasteiger partial charge in [0.25, 0.3) is 5.91 Å². The fourth-order valence-corrected chi connectivity index (χ4v) is 3.99. The summed E-state index contributed by atoms with van der Waals surface area (Å²) in [4.78, 5) is 28.7. The Labute approximate surface area is 183 Å². The topological polar surface area (TPSA) is 131 Å². The van der Waals surface area contributed by atoms with Gasteiger partial charge in [-0.05, 0) is 37.8 Å². The summed E-state index contributed by atoms with van der Waals surface area (Å²) >= 11 is 0. The fourth-order valence-electron chi connectivity index (χ4n) is 3.99. The van der Waals surface area contributed by atoms with Gasteiger partial charge >= 0.3 is 6.01 Å². The average Bonchev–Trinajstić information content (AvgIpc) is 3.47. The smallest absolute Gasteiger partial charge is 0.316 e. The van der Waals surface area contributed by atoms with Crippen molar-refractivity contribution in [3.05, 3.63) is 48.5 Å². The monoisotopic (exact) mass is 433 g/mol. The zero-order valence-electron chi connectivity index (χ0n) is 17.5. The van der Waals surface area contributed by atoms with Crippen molar-refractivity contribution in [3.8, 4) is 17.4 Å². The number of hydrogen-bond acceptors (Lipinski definition) is 7. The summed E-state index contributed by atoms with van der Waals surface area (Å²) in [5.74, 6) is 0.163. The van der Waals surface area contributed by atoms with Crippen LogP contribution in [-0.2, 0) is 0 Å². The number of carbonyl (C=O) groups is 1. The molecule has 1 saturated carbocycles. The van der Waals surface area contributed by atoms with Gasteiger partial charge in [0.05, 0.1) is 47.9 Å². The molecule has 0 atom stereocenters. The van der Waals surface area contributed by atoms with Gasteiger partial charge in [0.2, 0.25) is 0 Å². The Morgan fingerprint density at radius 2 is 2.06 bits per heavy atom. The lowest BCUT2D eigenvalue weighted by Gasteiger charge is -2.25. The summed E-state index contributed by atoms with van der Waals surface area (Å²) in [6.07, 6.45) is 9.65. The lowest BCUT2D eigenvalue weighted by Crippen LogP contribution is -2.21. The summed E-state index contributed by atoms with van der Waals surface area (Å²) in [5.41, 5.74) is 2.78. The molecule has 0 saturated heterocycles. The van der Waals surface area contributed by atoms with Crippen LogP contribution in [0.5, 0.6) is 6.01 Å². The van der Waals surface area contributed by atoms with Crippen molar-refractivity contribution in [1.29, 1.82) is 0 Å². The normalized spacial score (nSPS) is 18.6. The number of nitrogens with zero attached hydrogens (tertiary/aromatic N) is 5. The Morgan fingerprint density at radius 3 is 2.88 bits per heavy atom. The third-order valence-electron chi connectivity index (χ3n) is 5.74. The number of hydrogen-bond donors (Lipinski definition) is 3. The highest BCUT2D eigenvalue weighted by Gasteiger charge is 2.22. The number of nitrogens with one attached hydrogen (secondary N) is 2. The number of anilines is 1. The van der Waals surface area contributed by atoms with Crippen LogP contribution in [0, 0.1) is 0 Å². The standard InChI is InChI=1S/C22H23N7O3/c1-32-22-23-7-6-17(27-22)19-8-13-10-24-20(9-18(13)26-19)28-21(31)14-11-25-29(12-14)15-2-4-16(30)5-3-15/h6-12,15-16,26,30H,2-5H2,1H3,(H,24,28,31). The molecule has 0 aromatic carbocycles. The molecule has 4 aromatic rings. The van der Waals surface area contributed by atoms with Gasteiger partial charge in [-0.25, -0.2) is 9.97 Å². The summed E-state index contributed by atoms with van der Waals surface area (Å²) in [6.45, 7) is 0. The number of carbonyl (C=O) groups excluding carboxylic acids is 1. The Bertz CT molecular complexity index is 1260. The highest BCUT2D eigenvalue weighted by molar-refractivity contribution is 6.04. The average molecular weight is 433 g/mol. The first-order valence-corrected chi connectivity index (χ1v) is 10.5. The van der Waals surface area contributed by atoms with Crippen LogP contribution in [0.1, 0.15) is 42.1 Å². The molecule has 10 heteroatoms. The number of amides is 1. The molecule has 0 radical (unpaired) electrons. The second kappa shape index (κ2) is 8.39. The molecule has 5 rings (SSSR count). The van der Waals surface area contributed by atoms with Gasteiger partial charge in [-0.2, -0.15) is 10.1 Å². The zero-order chi connectivity index (χ0) is 22.1. The van der Waals surface area contributed by atoms with Gasteiger partial charge in [0, 0.05) is 30.0 Å². The summed E-state index contributed by atoms with van der Waals surface area (Å²) < 4.78 is 6.91. The Kier molecular flexibility index (Phi) is 5.28. The second-order valence-corrected chi connectivity index (χ2v) is 7.89. The Balaban J connectivity index is 1.31. The predicted octanol–water partition coefficient (Wildman–Crippen LogP) is 2.95. The zero-order valence-corrected chi connectivity index (χ0v) is 17.5. The van der Waals surface area contributed by atoms with E-state index in [2.05, 4.69) is 30.4 Å². The number of aromatic nitrogens is 6. The molecule has 4 heterocycles. The third-order valence-corrected chi connectivity index (χ3v) is 5.74. The first kappa shape index (κ1) is 20.1. The van der Waals surface area contributed by atoms with Crippen molar-refractivity contribution in [1.82, 2.24) is 29.7 Å². The molecule has 0 bridgehead atoms. The van der Waals surface area contributed by atoms with Crippen molar-refractivity contribution in [3.63, 3.8) is 0 Å². The Morgan fingerprint density at radius 1 is 1.22 bits per heavy atom. The van der Waals surface area contributed by atoms with Crippen LogP contribution in [0.25, 0.3) is 22.3 Å². The highest BCUT2D eigenvalue weighted by atomic mass is 16.5. The maximum atomic E-state index is 12.7. The van der Waals surface area contributed by atoms with Gasteiger partial charge in [-0.3, -0.25) is 9.48 Å². The summed E-state index contributed by atoms with van der Waals surface area (Å²) in [5, 5.41) is 17.8. The molecule has 1 amide bonds. The Hall–Kier alpha value is -3.79. The minimum Gasteiger partial charge on any atom is -0.467 e. The van der Waals surface area contributed by atoms with E-state index in [1.807, 2.05) is 10.7 Å². The maximum absolute atomic E-state index is 12.7. The molecular weight excluding hydrogens is 410 g/mol. The lowest BCUT2D eigenvalue weighted by molar-refractivity contribution is 0.102. The van der Waals surface area contributed by atoms with Crippen LogP contribution in [0.4, 0.5) is 5.82 Å². The second-order valence-electron chi connectivity index (χ2n) is 7.89. The quantitative estimate of drug-likeness (QED) is 0.441. The maximum Gasteiger partial charge on any atom is 0.316 e. The van der Waals surface area contributed by atoms with Gasteiger partial charge in [0.15, 0.2) is 0 Å². The molecule has 0 aliphatic heterocycles. The van der Waals surface area contributed by atoms with Gasteiger partial charge in [0.1, 0.15) is 5.82 Å². The number of rotatable bonds is 5. The van der Waals surface area contributed by atoms with Crippen LogP contribution in [0.15, 0.2) is 43.0 Å². The van der Waals surface area contributed by atoms with Crippen molar-refractivity contribution in [2.45, 2.75) is 37.8 Å². The van der Waals surface area contributed by atoms with Crippen LogP contribution in [0.2, 0.25) is 0 Å². The van der Waals surface area contributed by atoms with Crippen molar-refractivity contribution in [2.75, 3.05) is 12.4 Å². The number of aliphatic hydroxyl groups is 1. The molecular formula is C22H23N7O3. The number of H-pyrrole nitrogens is 1. The molecule has 4 aromatic heterocycles. The first-order chi connectivity index (χ1) is 15.6. The van der Waals surface area contributed by atoms with Crippen LogP contribution in [-0.4, -0.2) is 53.9 Å². The number of fused-ring (bicyclic) bond motifs is 1. The number of aliphatic hydroxyl groups excluding tert-OH is 1. The van der Waals surface area contributed by atoms with E-state index in [4.69, 9.17) is 4.74 Å². The van der Waals surface area contributed by atoms with Gasteiger partial charge in [-0.1, -0.05) is 0 Å². The predicted molar refractivity (Wildman–Crippen MR) is 117 cm³/mol. The van der Waals surface area contributed by atoms with E-state index in [-0.39, 0.29) is 24.1 Å².